The molecule has 0 amide bonds. The molecule has 1 fully saturated rings. The molecule has 0 spiro atoms. The van der Waals surface area contributed by atoms with Crippen LogP contribution in [0.5, 0.6) is 0 Å². The van der Waals surface area contributed by atoms with Crippen molar-refractivity contribution < 1.29 is 9.18 Å². The Morgan fingerprint density at radius 2 is 2.18 bits per heavy atom. The molecule has 2 nitrogen and oxygen atoms in total. The monoisotopic (exact) mass is 319 g/mol. The molecule has 2 rings (SSSR count). The van der Waals surface area contributed by atoms with Crippen molar-refractivity contribution in [3.05, 3.63) is 33.0 Å². The summed E-state index contributed by atoms with van der Waals surface area (Å²) in [6, 6.07) is 3.05. The summed E-state index contributed by atoms with van der Waals surface area (Å²) < 4.78 is 14.4. The Morgan fingerprint density at radius 3 is 2.65 bits per heavy atom. The first kappa shape index (κ1) is 13.0. The van der Waals surface area contributed by atoms with Gasteiger partial charge in [0.25, 0.3) is 0 Å². The van der Waals surface area contributed by atoms with Crippen molar-refractivity contribution in [3.63, 3.8) is 0 Å². The van der Waals surface area contributed by atoms with E-state index >= 15 is 0 Å². The van der Waals surface area contributed by atoms with Gasteiger partial charge in [-0.2, -0.15) is 0 Å². The van der Waals surface area contributed by atoms with Crippen molar-refractivity contribution in [3.8, 4) is 0 Å². The summed E-state index contributed by atoms with van der Waals surface area (Å²) in [6.07, 6.45) is 2.43. The molecule has 1 aliphatic carbocycles. The van der Waals surface area contributed by atoms with Crippen molar-refractivity contribution in [2.45, 2.75) is 19.3 Å². The Morgan fingerprint density at radius 1 is 1.53 bits per heavy atom. The number of carbonyl (C=O) groups excluding carboxylic acids is 1. The first-order valence-electron chi connectivity index (χ1n) is 5.40. The number of nitrogens with two attached hydrogens (primary N) is 1. The second-order valence-corrected chi connectivity index (χ2v) is 5.62. The molecule has 0 aliphatic heterocycles. The summed E-state index contributed by atoms with van der Waals surface area (Å²) in [6.45, 7) is 0.263. The van der Waals surface area contributed by atoms with Crippen LogP contribution in [0.2, 0.25) is 5.02 Å². The Balaban J connectivity index is 2.41. The molecule has 0 atom stereocenters. The highest BCUT2D eigenvalue weighted by atomic mass is 79.9. The van der Waals surface area contributed by atoms with E-state index in [9.17, 15) is 9.18 Å². The number of carbonyl (C=O) groups is 1. The van der Waals surface area contributed by atoms with Gasteiger partial charge >= 0.3 is 0 Å². The highest BCUT2D eigenvalue weighted by Crippen LogP contribution is 2.43. The second kappa shape index (κ2) is 4.67. The van der Waals surface area contributed by atoms with Crippen LogP contribution in [0.25, 0.3) is 0 Å². The molecule has 1 saturated carbocycles. The minimum absolute atomic E-state index is 0.0448. The Kier molecular flexibility index (Phi) is 3.57. The minimum Gasteiger partial charge on any atom is -0.329 e. The van der Waals surface area contributed by atoms with Gasteiger partial charge < -0.3 is 5.73 Å². The summed E-state index contributed by atoms with van der Waals surface area (Å²) in [4.78, 5) is 12.3. The van der Waals surface area contributed by atoms with E-state index < -0.39 is 11.2 Å². The van der Waals surface area contributed by atoms with Crippen LogP contribution in [0.4, 0.5) is 4.39 Å². The van der Waals surface area contributed by atoms with Gasteiger partial charge in [0.1, 0.15) is 0 Å². The van der Waals surface area contributed by atoms with Gasteiger partial charge in [-0.1, -0.05) is 18.0 Å². The number of Topliss-reactive ketones (excluding diaryl/α,β-unsaturated/α-hetero) is 1. The number of rotatable bonds is 3. The van der Waals surface area contributed by atoms with E-state index in [0.717, 1.165) is 19.3 Å². The van der Waals surface area contributed by atoms with Crippen LogP contribution in [-0.4, -0.2) is 12.3 Å². The van der Waals surface area contributed by atoms with Crippen molar-refractivity contribution in [2.75, 3.05) is 6.54 Å². The predicted octanol–water partition coefficient (Wildman–Crippen LogP) is 3.55. The van der Waals surface area contributed by atoms with Gasteiger partial charge in [0, 0.05) is 16.4 Å². The van der Waals surface area contributed by atoms with E-state index in [0.29, 0.717) is 4.47 Å². The number of hydrogen-bond acceptors (Lipinski definition) is 2. The van der Waals surface area contributed by atoms with Gasteiger partial charge in [0.2, 0.25) is 0 Å². The van der Waals surface area contributed by atoms with Gasteiger partial charge in [-0.3, -0.25) is 4.79 Å². The molecular weight excluding hydrogens is 308 g/mol. The SMILES string of the molecule is NCC1(C(=O)c2ccc(Br)c(Cl)c2F)CCC1. The van der Waals surface area contributed by atoms with Crippen LogP contribution >= 0.6 is 27.5 Å². The fourth-order valence-corrected chi connectivity index (χ4v) is 2.59. The molecule has 5 heteroatoms. The highest BCUT2D eigenvalue weighted by molar-refractivity contribution is 9.10. The van der Waals surface area contributed by atoms with Gasteiger partial charge in [-0.25, -0.2) is 4.39 Å². The van der Waals surface area contributed by atoms with Crippen LogP contribution in [0, 0.1) is 11.2 Å². The summed E-state index contributed by atoms with van der Waals surface area (Å²) in [5.74, 6) is -0.885. The molecular formula is C12H12BrClFNO. The molecule has 0 unspecified atom stereocenters. The molecule has 92 valence electrons. The van der Waals surface area contributed by atoms with E-state index in [1.165, 1.54) is 6.07 Å². The quantitative estimate of drug-likeness (QED) is 0.683. The third kappa shape index (κ3) is 2.02. The van der Waals surface area contributed by atoms with E-state index in [-0.39, 0.29) is 22.9 Å². The molecule has 0 heterocycles. The van der Waals surface area contributed by atoms with Crippen LogP contribution in [-0.2, 0) is 0 Å². The zero-order valence-electron chi connectivity index (χ0n) is 9.10. The summed E-state index contributed by atoms with van der Waals surface area (Å²) in [5.41, 5.74) is 5.11. The average molecular weight is 321 g/mol. The van der Waals surface area contributed by atoms with Crippen LogP contribution in [0.1, 0.15) is 29.6 Å². The lowest BCUT2D eigenvalue weighted by atomic mass is 9.64. The van der Waals surface area contributed by atoms with Crippen LogP contribution in [0.15, 0.2) is 16.6 Å². The van der Waals surface area contributed by atoms with Crippen molar-refractivity contribution in [1.29, 1.82) is 0 Å². The molecule has 0 saturated heterocycles. The van der Waals surface area contributed by atoms with Gasteiger partial charge in [-0.15, -0.1) is 0 Å². The van der Waals surface area contributed by atoms with Crippen LogP contribution in [0.3, 0.4) is 0 Å². The fourth-order valence-electron chi connectivity index (χ4n) is 2.11. The maximum Gasteiger partial charge on any atom is 0.173 e. The zero-order chi connectivity index (χ0) is 12.6. The number of ketones is 1. The van der Waals surface area contributed by atoms with E-state index in [2.05, 4.69) is 15.9 Å². The second-order valence-electron chi connectivity index (χ2n) is 4.39. The van der Waals surface area contributed by atoms with E-state index in [1.807, 2.05) is 0 Å². The topological polar surface area (TPSA) is 43.1 Å². The standard InChI is InChI=1S/C12H12BrClFNO/c13-8-3-2-7(10(15)9(8)14)11(17)12(6-16)4-1-5-12/h2-3H,1,4-6,16H2. The van der Waals surface area contributed by atoms with Gasteiger partial charge in [0.15, 0.2) is 11.6 Å². The lowest BCUT2D eigenvalue weighted by molar-refractivity contribution is 0.0631. The lowest BCUT2D eigenvalue weighted by Gasteiger charge is -2.39. The number of hydrogen-bond donors (Lipinski definition) is 1. The van der Waals surface area contributed by atoms with Crippen LogP contribution < -0.4 is 5.73 Å². The van der Waals surface area contributed by atoms with E-state index in [4.69, 9.17) is 17.3 Å². The van der Waals surface area contributed by atoms with Gasteiger partial charge in [-0.05, 0) is 40.9 Å². The number of halogens is 3. The molecule has 1 aromatic carbocycles. The third-order valence-electron chi connectivity index (χ3n) is 3.46. The Hall–Kier alpha value is -0.450. The summed E-state index contributed by atoms with van der Waals surface area (Å²) in [5, 5.41) is -0.0534. The zero-order valence-corrected chi connectivity index (χ0v) is 11.4. The smallest absolute Gasteiger partial charge is 0.173 e. The first-order chi connectivity index (χ1) is 8.02. The normalized spacial score (nSPS) is 17.6. The van der Waals surface area contributed by atoms with Crippen molar-refractivity contribution in [2.24, 2.45) is 11.1 Å². The van der Waals surface area contributed by atoms with Crippen molar-refractivity contribution in [1.82, 2.24) is 0 Å². The Bertz CT molecular complexity index is 468. The summed E-state index contributed by atoms with van der Waals surface area (Å²) in [7, 11) is 0. The number of benzene rings is 1. The Labute approximate surface area is 112 Å². The average Bonchev–Trinajstić information content (AvgIpc) is 2.25. The molecule has 2 N–H and O–H groups in total. The molecule has 0 aromatic heterocycles. The largest absolute Gasteiger partial charge is 0.329 e. The molecule has 0 bridgehead atoms. The maximum absolute atomic E-state index is 13.9. The van der Waals surface area contributed by atoms with Gasteiger partial charge in [0.05, 0.1) is 10.6 Å². The maximum atomic E-state index is 13.9. The molecule has 0 radical (unpaired) electrons. The molecule has 17 heavy (non-hydrogen) atoms. The van der Waals surface area contributed by atoms with E-state index in [1.54, 1.807) is 6.07 Å². The third-order valence-corrected chi connectivity index (χ3v) is 4.72. The lowest BCUT2D eigenvalue weighted by Crippen LogP contribution is -2.44. The summed E-state index contributed by atoms with van der Waals surface area (Å²) >= 11 is 8.90. The van der Waals surface area contributed by atoms with Crippen molar-refractivity contribution >= 4 is 33.3 Å². The molecule has 1 aromatic rings. The fraction of sp³-hybridized carbons (Fsp3) is 0.417. The molecule has 1 aliphatic rings. The first-order valence-corrected chi connectivity index (χ1v) is 6.57. The predicted molar refractivity (Wildman–Crippen MR) is 68.8 cm³/mol. The highest BCUT2D eigenvalue weighted by Gasteiger charge is 2.44. The minimum atomic E-state index is -0.661.